The Hall–Kier alpha value is -3.16. The van der Waals surface area contributed by atoms with E-state index in [0.29, 0.717) is 42.3 Å². The molecule has 0 spiro atoms. The van der Waals surface area contributed by atoms with Crippen molar-refractivity contribution in [3.05, 3.63) is 62.3 Å². The quantitative estimate of drug-likeness (QED) is 0.670. The maximum absolute atomic E-state index is 13.4. The van der Waals surface area contributed by atoms with Gasteiger partial charge in [-0.2, -0.15) is 4.98 Å². The normalized spacial score (nSPS) is 13.4. The number of hydrogen-bond acceptors (Lipinski definition) is 6. The summed E-state index contributed by atoms with van der Waals surface area (Å²) in [5.41, 5.74) is 1.11. The molecule has 28 heavy (non-hydrogen) atoms. The first kappa shape index (κ1) is 18.2. The molecule has 3 heterocycles. The number of aromatic nitrogens is 4. The van der Waals surface area contributed by atoms with Crippen LogP contribution in [0.1, 0.15) is 36.9 Å². The molecule has 0 saturated carbocycles. The molecule has 0 bridgehead atoms. The molecule has 0 unspecified atom stereocenters. The number of rotatable bonds is 5. The van der Waals surface area contributed by atoms with E-state index in [9.17, 15) is 9.59 Å². The Balaban J connectivity index is 1.93. The molecular formula is C20H22N4O4. The van der Waals surface area contributed by atoms with E-state index in [2.05, 4.69) is 10.1 Å². The van der Waals surface area contributed by atoms with Crippen molar-refractivity contribution in [3.8, 4) is 17.1 Å². The van der Waals surface area contributed by atoms with Crippen molar-refractivity contribution < 1.29 is 9.26 Å². The predicted molar refractivity (Wildman–Crippen MR) is 103 cm³/mol. The van der Waals surface area contributed by atoms with E-state index in [0.717, 1.165) is 18.4 Å². The minimum atomic E-state index is -0.396. The van der Waals surface area contributed by atoms with Crippen molar-refractivity contribution in [2.75, 3.05) is 7.11 Å². The van der Waals surface area contributed by atoms with Gasteiger partial charge in [-0.05, 0) is 25.3 Å². The molecule has 0 atom stereocenters. The highest BCUT2D eigenvalue weighted by Crippen LogP contribution is 2.23. The number of methoxy groups -OCH3 is 1. The second kappa shape index (κ2) is 7.46. The molecule has 1 aromatic carbocycles. The monoisotopic (exact) mass is 382 g/mol. The molecule has 1 aliphatic heterocycles. The maximum Gasteiger partial charge on any atom is 0.331 e. The van der Waals surface area contributed by atoms with Gasteiger partial charge in [0.15, 0.2) is 0 Å². The first-order valence-corrected chi connectivity index (χ1v) is 9.45. The van der Waals surface area contributed by atoms with E-state index < -0.39 is 5.56 Å². The van der Waals surface area contributed by atoms with E-state index >= 15 is 0 Å². The second-order valence-electron chi connectivity index (χ2n) is 6.78. The zero-order valence-corrected chi connectivity index (χ0v) is 16.0. The third kappa shape index (κ3) is 3.04. The fraction of sp³-hybridized carbons (Fsp3) is 0.400. The zero-order chi connectivity index (χ0) is 19.7. The highest BCUT2D eigenvalue weighted by molar-refractivity contribution is 5.57. The standard InChI is InChI=1S/C20H22N4O4/c1-3-16-21-18(22-28-16)17-14-9-6-7-11-23(14)20(26)24(19(17)25)12-13-8-4-5-10-15(13)27-2/h4-5,8,10H,3,6-7,9,11-12H2,1-2H3. The van der Waals surface area contributed by atoms with Crippen LogP contribution in [-0.4, -0.2) is 26.4 Å². The van der Waals surface area contributed by atoms with Gasteiger partial charge in [-0.1, -0.05) is 30.3 Å². The van der Waals surface area contributed by atoms with Gasteiger partial charge < -0.3 is 9.26 Å². The molecule has 0 amide bonds. The molecular weight excluding hydrogens is 360 g/mol. The van der Waals surface area contributed by atoms with Gasteiger partial charge in [0, 0.05) is 24.2 Å². The van der Waals surface area contributed by atoms with Crippen LogP contribution in [-0.2, 0) is 25.9 Å². The van der Waals surface area contributed by atoms with Crippen LogP contribution < -0.4 is 16.0 Å². The van der Waals surface area contributed by atoms with Gasteiger partial charge in [0.1, 0.15) is 11.3 Å². The Bertz CT molecular complexity index is 1130. The number of ether oxygens (including phenoxy) is 1. The number of aryl methyl sites for hydroxylation is 1. The van der Waals surface area contributed by atoms with Gasteiger partial charge in [0.2, 0.25) is 11.7 Å². The maximum atomic E-state index is 13.4. The van der Waals surface area contributed by atoms with Crippen LogP contribution in [0.4, 0.5) is 0 Å². The smallest absolute Gasteiger partial charge is 0.331 e. The van der Waals surface area contributed by atoms with E-state index in [-0.39, 0.29) is 18.1 Å². The molecule has 0 saturated heterocycles. The lowest BCUT2D eigenvalue weighted by Gasteiger charge is -2.22. The summed E-state index contributed by atoms with van der Waals surface area (Å²) < 4.78 is 13.5. The van der Waals surface area contributed by atoms with Gasteiger partial charge in [-0.25, -0.2) is 4.79 Å². The lowest BCUT2D eigenvalue weighted by Crippen LogP contribution is -2.44. The van der Waals surface area contributed by atoms with Gasteiger partial charge in [0.25, 0.3) is 5.56 Å². The van der Waals surface area contributed by atoms with Crippen LogP contribution in [0.2, 0.25) is 0 Å². The molecule has 0 fully saturated rings. The summed E-state index contributed by atoms with van der Waals surface area (Å²) >= 11 is 0. The van der Waals surface area contributed by atoms with Crippen molar-refractivity contribution in [1.82, 2.24) is 19.3 Å². The Morgan fingerprint density at radius 3 is 2.79 bits per heavy atom. The molecule has 8 heteroatoms. The third-order valence-electron chi connectivity index (χ3n) is 5.10. The van der Waals surface area contributed by atoms with Crippen LogP contribution in [0.25, 0.3) is 11.4 Å². The molecule has 4 rings (SSSR count). The second-order valence-corrected chi connectivity index (χ2v) is 6.78. The fourth-order valence-corrected chi connectivity index (χ4v) is 3.66. The largest absolute Gasteiger partial charge is 0.496 e. The average molecular weight is 382 g/mol. The molecule has 0 N–H and O–H groups in total. The lowest BCUT2D eigenvalue weighted by molar-refractivity contribution is 0.382. The Morgan fingerprint density at radius 2 is 2.04 bits per heavy atom. The summed E-state index contributed by atoms with van der Waals surface area (Å²) in [7, 11) is 1.57. The van der Waals surface area contributed by atoms with Crippen LogP contribution in [0.3, 0.4) is 0 Å². The minimum Gasteiger partial charge on any atom is -0.496 e. The first-order valence-electron chi connectivity index (χ1n) is 9.45. The number of nitrogens with zero attached hydrogens (tertiary/aromatic N) is 4. The highest BCUT2D eigenvalue weighted by atomic mass is 16.5. The van der Waals surface area contributed by atoms with Crippen LogP contribution in [0.15, 0.2) is 38.4 Å². The minimum absolute atomic E-state index is 0.118. The molecule has 1 aliphatic rings. The Labute approximate surface area is 161 Å². The van der Waals surface area contributed by atoms with Crippen molar-refractivity contribution in [3.63, 3.8) is 0 Å². The summed E-state index contributed by atoms with van der Waals surface area (Å²) in [6.45, 7) is 2.60. The fourth-order valence-electron chi connectivity index (χ4n) is 3.66. The molecule has 8 nitrogen and oxygen atoms in total. The molecule has 0 radical (unpaired) electrons. The van der Waals surface area contributed by atoms with Crippen LogP contribution >= 0.6 is 0 Å². The molecule has 146 valence electrons. The number of para-hydroxylation sites is 1. The van der Waals surface area contributed by atoms with Crippen molar-refractivity contribution in [2.45, 2.75) is 45.7 Å². The number of hydrogen-bond donors (Lipinski definition) is 0. The summed E-state index contributed by atoms with van der Waals surface area (Å²) in [5, 5.41) is 4.00. The molecule has 3 aromatic rings. The van der Waals surface area contributed by atoms with Crippen molar-refractivity contribution in [1.29, 1.82) is 0 Å². The number of fused-ring (bicyclic) bond motifs is 1. The van der Waals surface area contributed by atoms with E-state index in [1.165, 1.54) is 4.57 Å². The van der Waals surface area contributed by atoms with E-state index in [4.69, 9.17) is 9.26 Å². The third-order valence-corrected chi connectivity index (χ3v) is 5.10. The molecule has 0 aliphatic carbocycles. The predicted octanol–water partition coefficient (Wildman–Crippen LogP) is 2.02. The average Bonchev–Trinajstić information content (AvgIpc) is 3.20. The first-order chi connectivity index (χ1) is 13.6. The van der Waals surface area contributed by atoms with Gasteiger partial charge in [0.05, 0.1) is 13.7 Å². The summed E-state index contributed by atoms with van der Waals surface area (Å²) in [6.07, 6.45) is 3.04. The SMILES string of the molecule is CCc1nc(-c2c3n(c(=O)n(Cc4ccccc4OC)c2=O)CCCC3)no1. The van der Waals surface area contributed by atoms with Crippen LogP contribution in [0.5, 0.6) is 5.75 Å². The topological polar surface area (TPSA) is 92.2 Å². The van der Waals surface area contributed by atoms with Crippen molar-refractivity contribution in [2.24, 2.45) is 0 Å². The molecule has 2 aromatic heterocycles. The summed E-state index contributed by atoms with van der Waals surface area (Å²) in [6, 6.07) is 7.36. The van der Waals surface area contributed by atoms with Gasteiger partial charge in [-0.3, -0.25) is 13.9 Å². The Morgan fingerprint density at radius 1 is 1.21 bits per heavy atom. The zero-order valence-electron chi connectivity index (χ0n) is 16.0. The number of benzene rings is 1. The van der Waals surface area contributed by atoms with E-state index in [1.807, 2.05) is 31.2 Å². The van der Waals surface area contributed by atoms with Gasteiger partial charge >= 0.3 is 5.69 Å². The summed E-state index contributed by atoms with van der Waals surface area (Å²) in [5.74, 6) is 1.35. The van der Waals surface area contributed by atoms with E-state index in [1.54, 1.807) is 11.7 Å². The van der Waals surface area contributed by atoms with Crippen molar-refractivity contribution >= 4 is 0 Å². The highest BCUT2D eigenvalue weighted by Gasteiger charge is 2.25. The summed E-state index contributed by atoms with van der Waals surface area (Å²) in [4.78, 5) is 30.8. The van der Waals surface area contributed by atoms with Gasteiger partial charge in [-0.15, -0.1) is 0 Å². The van der Waals surface area contributed by atoms with Crippen LogP contribution in [0, 0.1) is 0 Å². The lowest BCUT2D eigenvalue weighted by atomic mass is 10.0. The Kier molecular flexibility index (Phi) is 4.85.